The topological polar surface area (TPSA) is 74.7 Å². The Morgan fingerprint density at radius 2 is 1.84 bits per heavy atom. The number of nitrogens with zero attached hydrogens (tertiary/aromatic N) is 1. The molecule has 1 atom stereocenters. The minimum absolute atomic E-state index is 0.0850. The van der Waals surface area contributed by atoms with E-state index in [9.17, 15) is 13.2 Å². The summed E-state index contributed by atoms with van der Waals surface area (Å²) in [6, 6.07) is 2.92. The van der Waals surface area contributed by atoms with E-state index in [-0.39, 0.29) is 21.5 Å². The van der Waals surface area contributed by atoms with Gasteiger partial charge >= 0.3 is 5.97 Å². The largest absolute Gasteiger partial charge is 0.480 e. The Kier molecular flexibility index (Phi) is 4.06. The van der Waals surface area contributed by atoms with Crippen LogP contribution in [-0.4, -0.2) is 36.4 Å². The Balaban J connectivity index is 2.44. The molecular weight excluding hydrogens is 313 g/mol. The van der Waals surface area contributed by atoms with Crippen LogP contribution in [0, 0.1) is 0 Å². The summed E-state index contributed by atoms with van der Waals surface area (Å²) in [6.45, 7) is 0.184. The number of rotatable bonds is 3. The first-order valence-electron chi connectivity index (χ1n) is 5.53. The van der Waals surface area contributed by atoms with Crippen LogP contribution >= 0.6 is 23.2 Å². The molecule has 0 unspecified atom stereocenters. The number of sulfonamides is 1. The van der Waals surface area contributed by atoms with E-state index in [0.29, 0.717) is 12.8 Å². The zero-order valence-corrected chi connectivity index (χ0v) is 12.0. The number of benzene rings is 1. The molecule has 2 rings (SSSR count). The molecule has 1 heterocycles. The van der Waals surface area contributed by atoms with Crippen LogP contribution in [0.4, 0.5) is 0 Å². The van der Waals surface area contributed by atoms with Crippen LogP contribution in [0.2, 0.25) is 10.0 Å². The first-order chi connectivity index (χ1) is 8.82. The maximum absolute atomic E-state index is 12.4. The second-order valence-electron chi connectivity index (χ2n) is 4.22. The van der Waals surface area contributed by atoms with Crippen molar-refractivity contribution < 1.29 is 18.3 Å². The van der Waals surface area contributed by atoms with Gasteiger partial charge in [-0.2, -0.15) is 4.31 Å². The monoisotopic (exact) mass is 323 g/mol. The molecule has 0 aliphatic carbocycles. The molecule has 1 aliphatic rings. The fourth-order valence-electron chi connectivity index (χ4n) is 2.09. The van der Waals surface area contributed by atoms with Crippen LogP contribution in [-0.2, 0) is 14.8 Å². The molecule has 0 amide bonds. The van der Waals surface area contributed by atoms with Crippen molar-refractivity contribution in [3.8, 4) is 0 Å². The predicted molar refractivity (Wildman–Crippen MR) is 71.0 cm³/mol. The smallest absolute Gasteiger partial charge is 0.322 e. The van der Waals surface area contributed by atoms with Crippen molar-refractivity contribution in [1.82, 2.24) is 4.31 Å². The fraction of sp³-hybridized carbons (Fsp3) is 0.364. The van der Waals surface area contributed by atoms with Gasteiger partial charge in [-0.1, -0.05) is 23.2 Å². The van der Waals surface area contributed by atoms with E-state index < -0.39 is 22.0 Å². The van der Waals surface area contributed by atoms with Crippen LogP contribution in [0.3, 0.4) is 0 Å². The molecule has 1 N–H and O–H groups in total. The number of carboxylic acid groups (broad SMARTS) is 1. The van der Waals surface area contributed by atoms with Gasteiger partial charge in [-0.3, -0.25) is 4.79 Å². The van der Waals surface area contributed by atoms with Crippen LogP contribution in [0.25, 0.3) is 0 Å². The summed E-state index contributed by atoms with van der Waals surface area (Å²) in [7, 11) is -3.89. The van der Waals surface area contributed by atoms with Crippen LogP contribution in [0.1, 0.15) is 12.8 Å². The van der Waals surface area contributed by atoms with Gasteiger partial charge in [-0.25, -0.2) is 8.42 Å². The first-order valence-corrected chi connectivity index (χ1v) is 7.73. The normalized spacial score (nSPS) is 20.6. The highest BCUT2D eigenvalue weighted by Crippen LogP contribution is 2.29. The third-order valence-corrected chi connectivity index (χ3v) is 5.25. The number of hydrogen-bond acceptors (Lipinski definition) is 3. The maximum Gasteiger partial charge on any atom is 0.322 e. The van der Waals surface area contributed by atoms with Crippen LogP contribution < -0.4 is 0 Å². The molecule has 1 aromatic rings. The zero-order valence-electron chi connectivity index (χ0n) is 9.71. The van der Waals surface area contributed by atoms with Gasteiger partial charge in [0.15, 0.2) is 0 Å². The van der Waals surface area contributed by atoms with E-state index in [4.69, 9.17) is 28.3 Å². The molecule has 0 spiro atoms. The van der Waals surface area contributed by atoms with Crippen LogP contribution in [0.5, 0.6) is 0 Å². The standard InChI is InChI=1S/C11H11Cl2NO4S/c12-7-4-8(13)6-9(5-7)19(17,18)14-3-1-2-10(14)11(15)16/h4-6,10H,1-3H2,(H,15,16)/t10-/m1/s1. The lowest BCUT2D eigenvalue weighted by Crippen LogP contribution is -2.40. The molecule has 0 aromatic heterocycles. The Labute approximate surface area is 120 Å². The van der Waals surface area contributed by atoms with Crippen molar-refractivity contribution in [2.24, 2.45) is 0 Å². The minimum Gasteiger partial charge on any atom is -0.480 e. The first kappa shape index (κ1) is 14.6. The molecule has 0 saturated carbocycles. The Morgan fingerprint density at radius 1 is 1.26 bits per heavy atom. The van der Waals surface area contributed by atoms with Crippen molar-refractivity contribution in [3.63, 3.8) is 0 Å². The summed E-state index contributed by atoms with van der Waals surface area (Å²) in [6.07, 6.45) is 0.827. The number of carboxylic acids is 1. The second-order valence-corrected chi connectivity index (χ2v) is 6.98. The Hall–Kier alpha value is -0.820. The summed E-state index contributed by atoms with van der Waals surface area (Å²) in [5.74, 6) is -1.14. The molecule has 1 aliphatic heterocycles. The highest BCUT2D eigenvalue weighted by atomic mass is 35.5. The highest BCUT2D eigenvalue weighted by molar-refractivity contribution is 7.89. The molecular formula is C11H11Cl2NO4S. The van der Waals surface area contributed by atoms with Gasteiger partial charge in [-0.05, 0) is 31.0 Å². The van der Waals surface area contributed by atoms with Crippen molar-refractivity contribution in [2.75, 3.05) is 6.54 Å². The molecule has 8 heteroatoms. The molecule has 1 fully saturated rings. The number of hydrogen-bond donors (Lipinski definition) is 1. The van der Waals surface area contributed by atoms with Crippen molar-refractivity contribution in [2.45, 2.75) is 23.8 Å². The van der Waals surface area contributed by atoms with Gasteiger partial charge < -0.3 is 5.11 Å². The molecule has 0 radical (unpaired) electrons. The zero-order chi connectivity index (χ0) is 14.2. The summed E-state index contributed by atoms with van der Waals surface area (Å²) >= 11 is 11.6. The fourth-order valence-corrected chi connectivity index (χ4v) is 4.47. The van der Waals surface area contributed by atoms with E-state index in [1.54, 1.807) is 0 Å². The lowest BCUT2D eigenvalue weighted by atomic mass is 10.2. The van der Waals surface area contributed by atoms with Crippen molar-refractivity contribution >= 4 is 39.2 Å². The van der Waals surface area contributed by atoms with Gasteiger partial charge in [0.2, 0.25) is 10.0 Å². The van der Waals surface area contributed by atoms with Gasteiger partial charge in [0.25, 0.3) is 0 Å². The number of aliphatic carboxylic acids is 1. The lowest BCUT2D eigenvalue weighted by Gasteiger charge is -2.21. The average molecular weight is 324 g/mol. The average Bonchev–Trinajstić information content (AvgIpc) is 2.76. The summed E-state index contributed by atoms with van der Waals surface area (Å²) in [5.41, 5.74) is 0. The van der Waals surface area contributed by atoms with Gasteiger partial charge in [0.05, 0.1) is 4.90 Å². The van der Waals surface area contributed by atoms with E-state index in [1.165, 1.54) is 18.2 Å². The Morgan fingerprint density at radius 3 is 2.37 bits per heavy atom. The van der Waals surface area contributed by atoms with Crippen LogP contribution in [0.15, 0.2) is 23.1 Å². The number of halogens is 2. The van der Waals surface area contributed by atoms with Crippen molar-refractivity contribution in [1.29, 1.82) is 0 Å². The third kappa shape index (κ3) is 2.86. The Bertz CT molecular complexity index is 597. The molecule has 0 bridgehead atoms. The SMILES string of the molecule is O=C(O)[C@H]1CCCN1S(=O)(=O)c1cc(Cl)cc(Cl)c1. The molecule has 1 aromatic carbocycles. The third-order valence-electron chi connectivity index (χ3n) is 2.93. The molecule has 104 valence electrons. The summed E-state index contributed by atoms with van der Waals surface area (Å²) < 4.78 is 25.8. The summed E-state index contributed by atoms with van der Waals surface area (Å²) in [4.78, 5) is 11.0. The molecule has 1 saturated heterocycles. The molecule has 5 nitrogen and oxygen atoms in total. The highest BCUT2D eigenvalue weighted by Gasteiger charge is 2.39. The maximum atomic E-state index is 12.4. The van der Waals surface area contributed by atoms with Crippen molar-refractivity contribution in [3.05, 3.63) is 28.2 Å². The summed E-state index contributed by atoms with van der Waals surface area (Å²) in [5, 5.41) is 9.43. The van der Waals surface area contributed by atoms with Gasteiger partial charge in [-0.15, -0.1) is 0 Å². The second kappa shape index (κ2) is 5.28. The lowest BCUT2D eigenvalue weighted by molar-refractivity contribution is -0.140. The van der Waals surface area contributed by atoms with E-state index in [2.05, 4.69) is 0 Å². The number of carbonyl (C=O) groups is 1. The van der Waals surface area contributed by atoms with Gasteiger partial charge in [0.1, 0.15) is 6.04 Å². The quantitative estimate of drug-likeness (QED) is 0.925. The minimum atomic E-state index is -3.89. The predicted octanol–water partition coefficient (Wildman–Crippen LogP) is 2.23. The molecule has 19 heavy (non-hydrogen) atoms. The van der Waals surface area contributed by atoms with Gasteiger partial charge in [0, 0.05) is 16.6 Å². The van der Waals surface area contributed by atoms with E-state index in [0.717, 1.165) is 4.31 Å². The van der Waals surface area contributed by atoms with E-state index >= 15 is 0 Å². The van der Waals surface area contributed by atoms with E-state index in [1.807, 2.05) is 0 Å².